The number of hydrogen-bond donors (Lipinski definition) is 2. The number of nitrogens with two attached hydrogens (primary N) is 1. The van der Waals surface area contributed by atoms with Crippen LogP contribution in [0.15, 0.2) is 32.3 Å². The van der Waals surface area contributed by atoms with Crippen molar-refractivity contribution in [2.45, 2.75) is 4.90 Å². The number of sulfonamides is 1. The van der Waals surface area contributed by atoms with Gasteiger partial charge in [-0.25, -0.2) is 12.8 Å². The van der Waals surface area contributed by atoms with Crippen molar-refractivity contribution in [3.8, 4) is 0 Å². The van der Waals surface area contributed by atoms with Crippen LogP contribution in [0, 0.1) is 5.82 Å². The van der Waals surface area contributed by atoms with Crippen LogP contribution in [0.25, 0.3) is 0 Å². The number of benzene rings is 1. The first-order valence-corrected chi connectivity index (χ1v) is 7.34. The topological polar surface area (TPSA) is 98.2 Å². The van der Waals surface area contributed by atoms with E-state index in [1.54, 1.807) is 0 Å². The van der Waals surface area contributed by atoms with E-state index in [1.165, 1.54) is 6.07 Å². The summed E-state index contributed by atoms with van der Waals surface area (Å²) in [4.78, 5) is -0.679. The molecule has 2 aromatic rings. The summed E-state index contributed by atoms with van der Waals surface area (Å²) in [6.07, 6.45) is 1.16. The molecular formula is C9H6BrClFN3O3S. The molecule has 1 aromatic heterocycles. The van der Waals surface area contributed by atoms with Crippen LogP contribution < -0.4 is 10.5 Å². The Morgan fingerprint density at radius 3 is 2.79 bits per heavy atom. The van der Waals surface area contributed by atoms with Crippen molar-refractivity contribution in [1.29, 1.82) is 0 Å². The molecule has 2 rings (SSSR count). The van der Waals surface area contributed by atoms with Crippen molar-refractivity contribution in [2.24, 2.45) is 0 Å². The van der Waals surface area contributed by atoms with Gasteiger partial charge in [0.2, 0.25) is 0 Å². The number of rotatable bonds is 3. The maximum absolute atomic E-state index is 13.9. The summed E-state index contributed by atoms with van der Waals surface area (Å²) < 4.78 is 44.4. The lowest BCUT2D eigenvalue weighted by atomic mass is 10.3. The zero-order valence-electron chi connectivity index (χ0n) is 9.02. The molecule has 19 heavy (non-hydrogen) atoms. The Morgan fingerprint density at radius 1 is 1.53 bits per heavy atom. The molecule has 0 spiro atoms. The van der Waals surface area contributed by atoms with E-state index in [1.807, 2.05) is 4.72 Å². The van der Waals surface area contributed by atoms with Gasteiger partial charge >= 0.3 is 0 Å². The summed E-state index contributed by atoms with van der Waals surface area (Å²) in [6, 6.07) is 2.21. The van der Waals surface area contributed by atoms with Gasteiger partial charge < -0.3 is 10.3 Å². The highest BCUT2D eigenvalue weighted by Crippen LogP contribution is 2.35. The van der Waals surface area contributed by atoms with Crippen molar-refractivity contribution in [1.82, 2.24) is 5.16 Å². The highest BCUT2D eigenvalue weighted by atomic mass is 79.9. The summed E-state index contributed by atoms with van der Waals surface area (Å²) in [7, 11) is -4.21. The fraction of sp³-hybridized carbons (Fsp3) is 0. The minimum absolute atomic E-state index is 0.0283. The van der Waals surface area contributed by atoms with Gasteiger partial charge in [0.05, 0.1) is 15.2 Å². The minimum atomic E-state index is -4.21. The van der Waals surface area contributed by atoms with E-state index >= 15 is 0 Å². The third-order valence-corrected chi connectivity index (χ3v) is 4.86. The van der Waals surface area contributed by atoms with Crippen molar-refractivity contribution in [2.75, 3.05) is 10.5 Å². The summed E-state index contributed by atoms with van der Waals surface area (Å²) in [6.45, 7) is 0. The van der Waals surface area contributed by atoms with Crippen molar-refractivity contribution >= 4 is 49.1 Å². The van der Waals surface area contributed by atoms with E-state index in [0.29, 0.717) is 0 Å². The van der Waals surface area contributed by atoms with E-state index < -0.39 is 26.4 Å². The van der Waals surface area contributed by atoms with Crippen LogP contribution in [0.1, 0.15) is 0 Å². The van der Waals surface area contributed by atoms with Gasteiger partial charge in [0.1, 0.15) is 11.2 Å². The van der Waals surface area contributed by atoms with Gasteiger partial charge in [-0.05, 0) is 22.0 Å². The lowest BCUT2D eigenvalue weighted by molar-refractivity contribution is 0.423. The quantitative estimate of drug-likeness (QED) is 0.639. The van der Waals surface area contributed by atoms with E-state index in [2.05, 4.69) is 25.6 Å². The molecule has 0 fully saturated rings. The Labute approximate surface area is 120 Å². The standard InChI is InChI=1S/C9H6BrClFN3O3S/c10-7-4(11)3-5(8(12)9(7)13)19(16,17)15-6-1-2-18-14-6/h1-3H,13H2,(H,14,15). The molecule has 0 amide bonds. The lowest BCUT2D eigenvalue weighted by Gasteiger charge is -2.10. The molecule has 0 bridgehead atoms. The third-order valence-electron chi connectivity index (χ3n) is 2.12. The van der Waals surface area contributed by atoms with Crippen LogP contribution in [-0.4, -0.2) is 13.6 Å². The van der Waals surface area contributed by atoms with E-state index in [0.717, 1.165) is 12.3 Å². The molecule has 0 saturated carbocycles. The van der Waals surface area contributed by atoms with Crippen molar-refractivity contribution < 1.29 is 17.3 Å². The average molecular weight is 371 g/mol. The maximum Gasteiger partial charge on any atom is 0.266 e. The second-order valence-electron chi connectivity index (χ2n) is 3.39. The summed E-state index contributed by atoms with van der Waals surface area (Å²) in [5.41, 5.74) is 5.03. The fourth-order valence-electron chi connectivity index (χ4n) is 1.25. The predicted octanol–water partition coefficient (Wildman–Crippen LogP) is 2.61. The molecule has 102 valence electrons. The Hall–Kier alpha value is -1.32. The Bertz CT molecular complexity index is 721. The van der Waals surface area contributed by atoms with Gasteiger partial charge in [0.15, 0.2) is 11.6 Å². The molecule has 1 aromatic carbocycles. The molecule has 10 heteroatoms. The zero-order chi connectivity index (χ0) is 14.2. The largest absolute Gasteiger partial charge is 0.395 e. The third kappa shape index (κ3) is 2.67. The van der Waals surface area contributed by atoms with E-state index in [4.69, 9.17) is 17.3 Å². The number of anilines is 2. The number of nitrogens with one attached hydrogen (secondary N) is 1. The van der Waals surface area contributed by atoms with Crippen molar-refractivity contribution in [3.63, 3.8) is 0 Å². The SMILES string of the molecule is Nc1c(F)c(S(=O)(=O)Nc2ccon2)cc(Cl)c1Br. The molecule has 0 aliphatic rings. The van der Waals surface area contributed by atoms with Gasteiger partial charge in [-0.3, -0.25) is 4.72 Å². The van der Waals surface area contributed by atoms with Gasteiger partial charge in [0, 0.05) is 6.07 Å². The van der Waals surface area contributed by atoms with E-state index in [9.17, 15) is 12.8 Å². The van der Waals surface area contributed by atoms with Gasteiger partial charge in [0.25, 0.3) is 10.0 Å². The fourth-order valence-corrected chi connectivity index (χ4v) is 2.93. The molecule has 0 aliphatic heterocycles. The second-order valence-corrected chi connectivity index (χ2v) is 6.24. The number of aromatic nitrogens is 1. The average Bonchev–Trinajstić information content (AvgIpc) is 2.83. The molecule has 1 heterocycles. The van der Waals surface area contributed by atoms with Gasteiger partial charge in [-0.2, -0.15) is 0 Å². The highest BCUT2D eigenvalue weighted by molar-refractivity contribution is 9.10. The molecule has 0 saturated heterocycles. The zero-order valence-corrected chi connectivity index (χ0v) is 12.2. The summed E-state index contributed by atoms with van der Waals surface area (Å²) in [5.74, 6) is -1.19. The van der Waals surface area contributed by atoms with Crippen LogP contribution in [-0.2, 0) is 10.0 Å². The number of hydrogen-bond acceptors (Lipinski definition) is 5. The summed E-state index contributed by atoms with van der Waals surface area (Å²) >= 11 is 8.71. The van der Waals surface area contributed by atoms with Crippen LogP contribution >= 0.6 is 27.5 Å². The lowest BCUT2D eigenvalue weighted by Crippen LogP contribution is -2.16. The molecule has 3 N–H and O–H groups in total. The van der Waals surface area contributed by atoms with Gasteiger partial charge in [-0.1, -0.05) is 16.8 Å². The molecule has 0 aliphatic carbocycles. The Kier molecular flexibility index (Phi) is 3.70. The predicted molar refractivity (Wildman–Crippen MR) is 70.8 cm³/mol. The Morgan fingerprint density at radius 2 is 2.21 bits per heavy atom. The first-order chi connectivity index (χ1) is 8.83. The van der Waals surface area contributed by atoms with Crippen LogP contribution in [0.4, 0.5) is 15.9 Å². The van der Waals surface area contributed by atoms with Crippen LogP contribution in [0.2, 0.25) is 5.02 Å². The molecular weight excluding hydrogens is 365 g/mol. The monoisotopic (exact) mass is 369 g/mol. The smallest absolute Gasteiger partial charge is 0.266 e. The Balaban J connectivity index is 2.52. The molecule has 0 radical (unpaired) electrons. The van der Waals surface area contributed by atoms with Crippen LogP contribution in [0.5, 0.6) is 0 Å². The normalized spacial score (nSPS) is 11.5. The minimum Gasteiger partial charge on any atom is -0.395 e. The first-order valence-electron chi connectivity index (χ1n) is 4.69. The maximum atomic E-state index is 13.9. The second kappa shape index (κ2) is 4.99. The number of nitrogen functional groups attached to an aromatic ring is 1. The van der Waals surface area contributed by atoms with E-state index in [-0.39, 0.29) is 15.3 Å². The molecule has 6 nitrogen and oxygen atoms in total. The number of nitrogens with zero attached hydrogens (tertiary/aromatic N) is 1. The van der Waals surface area contributed by atoms with Crippen molar-refractivity contribution in [3.05, 3.63) is 33.7 Å². The highest BCUT2D eigenvalue weighted by Gasteiger charge is 2.24. The van der Waals surface area contributed by atoms with Gasteiger partial charge in [-0.15, -0.1) is 0 Å². The molecule has 0 unspecified atom stereocenters. The van der Waals surface area contributed by atoms with Crippen LogP contribution in [0.3, 0.4) is 0 Å². The number of halogens is 3. The summed E-state index contributed by atoms with van der Waals surface area (Å²) in [5, 5.41) is 3.33. The first kappa shape index (κ1) is 14.1. The molecule has 0 atom stereocenters.